The number of nitrogens with zero attached hydrogens (tertiary/aromatic N) is 2. The summed E-state index contributed by atoms with van der Waals surface area (Å²) in [4.78, 5) is 15.8. The zero-order valence-corrected chi connectivity index (χ0v) is 23.1. The van der Waals surface area contributed by atoms with Gasteiger partial charge in [0, 0.05) is 37.3 Å². The van der Waals surface area contributed by atoms with Crippen molar-refractivity contribution in [2.24, 2.45) is 12.5 Å². The van der Waals surface area contributed by atoms with Crippen molar-refractivity contribution in [1.82, 2.24) is 4.57 Å². The zero-order chi connectivity index (χ0) is 27.2. The molecule has 1 aromatic heterocycles. The lowest BCUT2D eigenvalue weighted by molar-refractivity contribution is 0.102. The first kappa shape index (κ1) is 26.0. The molecule has 2 saturated carbocycles. The first-order valence-corrected chi connectivity index (χ1v) is 15.5. The maximum absolute atomic E-state index is 13.6. The summed E-state index contributed by atoms with van der Waals surface area (Å²) >= 11 is 0. The number of anilines is 3. The van der Waals surface area contributed by atoms with Crippen LogP contribution in [-0.4, -0.2) is 55.6 Å². The predicted molar refractivity (Wildman–Crippen MR) is 153 cm³/mol. The molecule has 2 heterocycles. The van der Waals surface area contributed by atoms with E-state index in [2.05, 4.69) is 14.9 Å². The molecule has 1 aliphatic heterocycles. The van der Waals surface area contributed by atoms with Crippen molar-refractivity contribution in [2.75, 3.05) is 40.4 Å². The molecule has 0 bridgehead atoms. The lowest BCUT2D eigenvalue weighted by Crippen LogP contribution is -2.35. The van der Waals surface area contributed by atoms with Gasteiger partial charge in [0.05, 0.1) is 41.0 Å². The zero-order valence-electron chi connectivity index (χ0n) is 22.3. The number of rotatable bonds is 9. The van der Waals surface area contributed by atoms with Gasteiger partial charge < -0.3 is 24.6 Å². The van der Waals surface area contributed by atoms with Gasteiger partial charge in [-0.1, -0.05) is 0 Å². The number of aliphatic hydroxyl groups excluding tert-OH is 1. The van der Waals surface area contributed by atoms with Crippen LogP contribution in [0.2, 0.25) is 0 Å². The molecule has 3 aliphatic rings. The molecule has 3 fully saturated rings. The minimum atomic E-state index is -3.67. The van der Waals surface area contributed by atoms with E-state index in [1.165, 1.54) is 12.8 Å². The van der Waals surface area contributed by atoms with Crippen LogP contribution >= 0.6 is 0 Å². The number of aromatic nitrogens is 1. The number of carbonyl (C=O) groups excluding carboxylic acids is 1. The van der Waals surface area contributed by atoms with Crippen molar-refractivity contribution in [2.45, 2.75) is 51.0 Å². The molecule has 1 spiro atoms. The van der Waals surface area contributed by atoms with Gasteiger partial charge in [0.15, 0.2) is 0 Å². The van der Waals surface area contributed by atoms with Gasteiger partial charge in [-0.05, 0) is 86.8 Å². The minimum Gasteiger partial charge on any atom is -0.488 e. The number of ether oxygens (including phenoxy) is 1. The molecule has 3 N–H and O–H groups in total. The lowest BCUT2D eigenvalue weighted by Gasteiger charge is -2.35. The Bertz CT molecular complexity index is 1500. The number of nitrogens with one attached hydrogen (secondary N) is 2. The Hall–Kier alpha value is -3.24. The second-order valence-corrected chi connectivity index (χ2v) is 13.2. The quantitative estimate of drug-likeness (QED) is 0.361. The molecule has 0 atom stereocenters. The molecule has 208 valence electrons. The number of carbonyl (C=O) groups is 1. The fourth-order valence-corrected chi connectivity index (χ4v) is 6.52. The Balaban J connectivity index is 1.29. The first-order valence-electron chi connectivity index (χ1n) is 13.8. The number of fused-ring (bicyclic) bond motifs is 1. The average molecular weight is 553 g/mol. The molecule has 39 heavy (non-hydrogen) atoms. The van der Waals surface area contributed by atoms with Gasteiger partial charge in [-0.2, -0.15) is 0 Å². The van der Waals surface area contributed by atoms with E-state index in [-0.39, 0.29) is 17.8 Å². The van der Waals surface area contributed by atoms with Crippen LogP contribution < -0.4 is 19.7 Å². The average Bonchev–Trinajstić information content (AvgIpc) is 3.53. The standard InChI is InChI=1S/C29H36N4O5S/c1-32-12-7-20-17-21(18-26(27(20)32)38-23-3-2-4-23)28(35)30-24-6-5-22(31-39(36,37)16-15-34)19-25(24)33-13-10-29(8-9-29)11-14-33/h5-7,12,17-19,23,31,34H,2-4,8-11,13-16H2,1H3,(H,30,35). The maximum atomic E-state index is 13.6. The highest BCUT2D eigenvalue weighted by Crippen LogP contribution is 2.54. The summed E-state index contributed by atoms with van der Waals surface area (Å²) in [5, 5.41) is 13.2. The lowest BCUT2D eigenvalue weighted by atomic mass is 9.93. The molecular weight excluding hydrogens is 516 g/mol. The van der Waals surface area contributed by atoms with Crippen molar-refractivity contribution in [3.63, 3.8) is 0 Å². The Morgan fingerprint density at radius 1 is 1.10 bits per heavy atom. The summed E-state index contributed by atoms with van der Waals surface area (Å²) < 4.78 is 35.5. The van der Waals surface area contributed by atoms with Crippen LogP contribution in [0, 0.1) is 5.41 Å². The van der Waals surface area contributed by atoms with Crippen molar-refractivity contribution < 1.29 is 23.1 Å². The van der Waals surface area contributed by atoms with Crippen LogP contribution in [0.4, 0.5) is 17.1 Å². The van der Waals surface area contributed by atoms with Gasteiger partial charge in [-0.25, -0.2) is 8.42 Å². The molecule has 2 aromatic carbocycles. The predicted octanol–water partition coefficient (Wildman–Crippen LogP) is 4.48. The Kier molecular flexibility index (Phi) is 6.71. The van der Waals surface area contributed by atoms with E-state index >= 15 is 0 Å². The van der Waals surface area contributed by atoms with Gasteiger partial charge in [-0.15, -0.1) is 0 Å². The summed E-state index contributed by atoms with van der Waals surface area (Å²) in [5.74, 6) is 0.0968. The van der Waals surface area contributed by atoms with Crippen molar-refractivity contribution >= 4 is 43.9 Å². The van der Waals surface area contributed by atoms with Crippen LogP contribution in [0.5, 0.6) is 5.75 Å². The number of sulfonamides is 1. The summed E-state index contributed by atoms with van der Waals surface area (Å²) in [5.41, 5.74) is 3.78. The summed E-state index contributed by atoms with van der Waals surface area (Å²) in [6, 6.07) is 10.9. The van der Waals surface area contributed by atoms with Gasteiger partial charge in [-0.3, -0.25) is 9.52 Å². The van der Waals surface area contributed by atoms with Crippen LogP contribution in [0.1, 0.15) is 55.3 Å². The number of hydrogen-bond acceptors (Lipinski definition) is 6. The smallest absolute Gasteiger partial charge is 0.255 e. The number of aryl methyl sites for hydroxylation is 1. The Morgan fingerprint density at radius 3 is 2.54 bits per heavy atom. The van der Waals surface area contributed by atoms with E-state index in [9.17, 15) is 13.2 Å². The van der Waals surface area contributed by atoms with E-state index in [1.807, 2.05) is 36.0 Å². The highest BCUT2D eigenvalue weighted by Gasteiger charge is 2.44. The molecule has 0 unspecified atom stereocenters. The monoisotopic (exact) mass is 552 g/mol. The van der Waals surface area contributed by atoms with Gasteiger partial charge >= 0.3 is 0 Å². The van der Waals surface area contributed by atoms with E-state index in [0.717, 1.165) is 67.5 Å². The molecule has 10 heteroatoms. The van der Waals surface area contributed by atoms with E-state index in [1.54, 1.807) is 18.2 Å². The maximum Gasteiger partial charge on any atom is 0.255 e. The number of amides is 1. The van der Waals surface area contributed by atoms with Gasteiger partial charge in [0.25, 0.3) is 5.91 Å². The number of aliphatic hydroxyl groups is 1. The third-order valence-electron chi connectivity index (χ3n) is 8.54. The third kappa shape index (κ3) is 5.45. The molecular formula is C29H36N4O5S. The first-order chi connectivity index (χ1) is 18.7. The molecule has 9 nitrogen and oxygen atoms in total. The topological polar surface area (TPSA) is 113 Å². The van der Waals surface area contributed by atoms with E-state index < -0.39 is 16.6 Å². The summed E-state index contributed by atoms with van der Waals surface area (Å²) in [6.07, 6.45) is 10.1. The second kappa shape index (κ2) is 10.1. The van der Waals surface area contributed by atoms with Gasteiger partial charge in [0.2, 0.25) is 10.0 Å². The highest BCUT2D eigenvalue weighted by atomic mass is 32.2. The van der Waals surface area contributed by atoms with Crippen LogP contribution in [0.15, 0.2) is 42.6 Å². The van der Waals surface area contributed by atoms with Crippen LogP contribution in [-0.2, 0) is 17.1 Å². The third-order valence-corrected chi connectivity index (χ3v) is 9.81. The Morgan fingerprint density at radius 2 is 1.87 bits per heavy atom. The fraction of sp³-hybridized carbons (Fsp3) is 0.483. The number of hydrogen-bond donors (Lipinski definition) is 3. The normalized spacial score (nSPS) is 18.7. The van der Waals surface area contributed by atoms with E-state index in [0.29, 0.717) is 22.4 Å². The summed E-state index contributed by atoms with van der Waals surface area (Å²) in [6.45, 7) is 1.25. The van der Waals surface area contributed by atoms with Crippen LogP contribution in [0.3, 0.4) is 0 Å². The van der Waals surface area contributed by atoms with Crippen molar-refractivity contribution in [1.29, 1.82) is 0 Å². The fourth-order valence-electron chi connectivity index (χ4n) is 5.70. The van der Waals surface area contributed by atoms with Crippen molar-refractivity contribution in [3.05, 3.63) is 48.2 Å². The number of piperidine rings is 1. The molecule has 1 amide bonds. The number of benzene rings is 2. The minimum absolute atomic E-state index is 0.184. The summed E-state index contributed by atoms with van der Waals surface area (Å²) in [7, 11) is -1.70. The second-order valence-electron chi connectivity index (χ2n) is 11.3. The molecule has 6 rings (SSSR count). The molecule has 3 aromatic rings. The van der Waals surface area contributed by atoms with Crippen LogP contribution in [0.25, 0.3) is 10.9 Å². The SMILES string of the molecule is Cn1ccc2cc(C(=O)Nc3ccc(NS(=O)(=O)CCO)cc3N3CCC4(CC3)CC4)cc(OC3CCC3)c21. The molecule has 2 aliphatic carbocycles. The van der Waals surface area contributed by atoms with E-state index in [4.69, 9.17) is 9.84 Å². The largest absolute Gasteiger partial charge is 0.488 e. The Labute approximate surface area is 229 Å². The molecule has 0 radical (unpaired) electrons. The van der Waals surface area contributed by atoms with Gasteiger partial charge in [0.1, 0.15) is 5.75 Å². The van der Waals surface area contributed by atoms with Crippen molar-refractivity contribution in [3.8, 4) is 5.75 Å². The molecule has 1 saturated heterocycles. The highest BCUT2D eigenvalue weighted by molar-refractivity contribution is 7.92.